The van der Waals surface area contributed by atoms with Gasteiger partial charge in [-0.2, -0.15) is 0 Å². The van der Waals surface area contributed by atoms with Gasteiger partial charge >= 0.3 is 0 Å². The molecule has 1 spiro atoms. The predicted molar refractivity (Wildman–Crippen MR) is 459 cm³/mol. The van der Waals surface area contributed by atoms with Crippen LogP contribution in [0, 0.1) is 28.1 Å². The molecule has 11 amide bonds. The highest BCUT2D eigenvalue weighted by Crippen LogP contribution is 2.51. The lowest BCUT2D eigenvalue weighted by atomic mass is 9.58. The van der Waals surface area contributed by atoms with E-state index >= 15 is 0 Å². The summed E-state index contributed by atoms with van der Waals surface area (Å²) in [6.07, 6.45) is 2.92. The van der Waals surface area contributed by atoms with Crippen LogP contribution in [0.2, 0.25) is 0 Å². The summed E-state index contributed by atoms with van der Waals surface area (Å²) in [6, 6.07) is -3.23. The van der Waals surface area contributed by atoms with Crippen LogP contribution in [0.25, 0.3) is 0 Å². The zero-order chi connectivity index (χ0) is 92.5. The summed E-state index contributed by atoms with van der Waals surface area (Å²) in [5.41, 5.74) is -1.04. The molecule has 15 atom stereocenters. The second-order valence-corrected chi connectivity index (χ2v) is 36.3. The van der Waals surface area contributed by atoms with Crippen LogP contribution in [0.5, 0.6) is 0 Å². The average Bonchev–Trinajstić information content (AvgIpc) is 0.751. The van der Waals surface area contributed by atoms with Crippen LogP contribution in [0.15, 0.2) is 0 Å². The Hall–Kier alpha value is -6.51. The topological polar surface area (TPSA) is 572 Å². The van der Waals surface area contributed by atoms with Gasteiger partial charge in [0.15, 0.2) is 18.9 Å². The molecule has 0 aromatic heterocycles. The van der Waals surface area contributed by atoms with E-state index in [1.54, 1.807) is 0 Å². The van der Waals surface area contributed by atoms with E-state index in [-0.39, 0.29) is 136 Å². The third kappa shape index (κ3) is 34.9. The van der Waals surface area contributed by atoms with Gasteiger partial charge in [0.05, 0.1) is 33.0 Å². The fraction of sp³-hybridized carbons (Fsp3) is 0.875. The van der Waals surface area contributed by atoms with E-state index in [2.05, 4.69) is 42.5 Å². The second-order valence-electron chi connectivity index (χ2n) is 36.3. The fourth-order valence-electron chi connectivity index (χ4n) is 18.8. The van der Waals surface area contributed by atoms with E-state index < -0.39 is 140 Å². The molecule has 7 rings (SSSR count). The standard InChI is InChI=1S/C88H153N11O28/c1-58(105)94-74-80(119)77(116)63(50-100)125-83(74)122-47-19-12-23-66(108)89-39-15-4-8-22-69(111)93-53-88(34-29-70(112)92-42-18-7-11-28-73(115)99-54-86(55-99)35-37-87(56-103,57-104)38-36-86,61-30-43-97(44-31-61)71(113)26-9-5-16-40-90-67(109)24-13-20-48-123-84-75(95-59(2)106)81(120)78(117)64(51-101)126-84)62-32-45-98(46-33-62)72(114)27-10-6-17-41-91-68(110)25-14-21-49-124-85-76(96-60(3)107)82(121)79(118)65(52-102)127-85/h61-65,74-85,100-104,116-121H,4-57H2,1-3H3,(H,89,108)(H,90,109)(H,91,110)(H,92,112)(H,93,111)(H,94,105)(H,95,106)(H,96,107). The first-order valence-corrected chi connectivity index (χ1v) is 46.9. The average molecular weight is 1810 g/mol. The van der Waals surface area contributed by atoms with Crippen molar-refractivity contribution in [2.24, 2.45) is 28.1 Å². The van der Waals surface area contributed by atoms with Crippen molar-refractivity contribution in [2.45, 2.75) is 337 Å². The molecule has 127 heavy (non-hydrogen) atoms. The minimum Gasteiger partial charge on any atom is -0.396 e. The lowest BCUT2D eigenvalue weighted by Crippen LogP contribution is -2.64. The van der Waals surface area contributed by atoms with E-state index in [9.17, 15) is 109 Å². The molecule has 1 aliphatic carbocycles. The summed E-state index contributed by atoms with van der Waals surface area (Å²) >= 11 is 0. The first kappa shape index (κ1) is 108. The van der Waals surface area contributed by atoms with Crippen molar-refractivity contribution < 1.29 is 137 Å². The van der Waals surface area contributed by atoms with Gasteiger partial charge in [-0.1, -0.05) is 25.7 Å². The Morgan fingerprint density at radius 3 is 0.953 bits per heavy atom. The van der Waals surface area contributed by atoms with Gasteiger partial charge in [0.2, 0.25) is 65.0 Å². The molecule has 15 unspecified atom stereocenters. The first-order chi connectivity index (χ1) is 60.9. The van der Waals surface area contributed by atoms with E-state index in [0.717, 1.165) is 32.1 Å². The zero-order valence-corrected chi connectivity index (χ0v) is 75.2. The maximum absolute atomic E-state index is 14.2. The number of likely N-dealkylation sites (tertiary alicyclic amines) is 3. The number of nitrogens with zero attached hydrogens (tertiary/aromatic N) is 3. The van der Waals surface area contributed by atoms with E-state index in [0.29, 0.717) is 226 Å². The number of hydrogen-bond donors (Lipinski definition) is 19. The van der Waals surface area contributed by atoms with Crippen LogP contribution in [0.4, 0.5) is 0 Å². The summed E-state index contributed by atoms with van der Waals surface area (Å²) in [5, 5.41) is 134. The molecule has 1 saturated carbocycles. The number of hydrogen-bond acceptors (Lipinski definition) is 28. The number of carbonyl (C=O) groups is 11. The highest BCUT2D eigenvalue weighted by atomic mass is 16.7. The van der Waals surface area contributed by atoms with E-state index in [4.69, 9.17) is 28.4 Å². The number of nitrogens with one attached hydrogen (secondary N) is 8. The number of rotatable bonds is 57. The highest BCUT2D eigenvalue weighted by Gasteiger charge is 2.53. The molecule has 0 radical (unpaired) electrons. The molecule has 6 aliphatic heterocycles. The van der Waals surface area contributed by atoms with Gasteiger partial charge in [-0.3, -0.25) is 52.7 Å². The molecular weight excluding hydrogens is 1660 g/mol. The molecule has 6 saturated heterocycles. The van der Waals surface area contributed by atoms with Crippen LogP contribution in [0.1, 0.15) is 245 Å². The Balaban J connectivity index is 0.910. The summed E-state index contributed by atoms with van der Waals surface area (Å²) in [6.45, 7) is 7.32. The lowest BCUT2D eigenvalue weighted by Gasteiger charge is -2.55. The quantitative estimate of drug-likeness (QED) is 0.0319. The molecule has 39 nitrogen and oxygen atoms in total. The van der Waals surface area contributed by atoms with E-state index in [1.807, 2.05) is 14.7 Å². The molecule has 39 heteroatoms. The van der Waals surface area contributed by atoms with Gasteiger partial charge in [0.1, 0.15) is 73.1 Å². The number of aliphatic hydroxyl groups is 11. The number of amides is 11. The predicted octanol–water partition coefficient (Wildman–Crippen LogP) is -1.18. The largest absolute Gasteiger partial charge is 0.396 e. The lowest BCUT2D eigenvalue weighted by molar-refractivity contribution is -0.270. The van der Waals surface area contributed by atoms with Crippen LogP contribution < -0.4 is 42.5 Å². The molecule has 0 aromatic rings. The number of piperidine rings is 2. The van der Waals surface area contributed by atoms with Gasteiger partial charge in [-0.15, -0.1) is 0 Å². The maximum Gasteiger partial charge on any atom is 0.222 e. The zero-order valence-electron chi connectivity index (χ0n) is 75.2. The first-order valence-electron chi connectivity index (χ1n) is 46.9. The summed E-state index contributed by atoms with van der Waals surface area (Å²) in [7, 11) is 0. The third-order valence-corrected chi connectivity index (χ3v) is 26.8. The van der Waals surface area contributed by atoms with Crippen LogP contribution >= 0.6 is 0 Å². The van der Waals surface area contributed by atoms with Crippen molar-refractivity contribution in [3.63, 3.8) is 0 Å². The van der Waals surface area contributed by atoms with Crippen molar-refractivity contribution >= 4 is 65.0 Å². The summed E-state index contributed by atoms with van der Waals surface area (Å²) < 4.78 is 34.2. The SMILES string of the molecule is CC(=O)NC1C(OCCCCC(=O)NCCCCCC(=O)NCC(CCC(=O)NCCCCCC(=O)N2CC3(CCC(CO)(CO)CC3)C2)(C2CCN(C(=O)CCCCCNC(=O)CCCCOC3OC(CO)C(O)C(O)C3NC(C)=O)CC2)C2CCN(C(=O)CCCCCNC(=O)CCCCOC3OC(CO)C(O)C(O)C3NC(C)=O)CC2)OC(CO)C(O)C1O. The smallest absolute Gasteiger partial charge is 0.222 e. The summed E-state index contributed by atoms with van der Waals surface area (Å²) in [4.78, 5) is 149. The molecular formula is C88H153N11O28. The van der Waals surface area contributed by atoms with Crippen LogP contribution in [0.3, 0.4) is 0 Å². The van der Waals surface area contributed by atoms with Gasteiger partial charge in [-0.05, 0) is 165 Å². The Labute approximate surface area is 746 Å². The maximum atomic E-state index is 14.2. The third-order valence-electron chi connectivity index (χ3n) is 26.8. The molecule has 7 aliphatic rings. The normalized spacial score (nSPS) is 26.6. The highest BCUT2D eigenvalue weighted by molar-refractivity contribution is 5.80. The Morgan fingerprint density at radius 1 is 0.354 bits per heavy atom. The minimum atomic E-state index is -1.45. The summed E-state index contributed by atoms with van der Waals surface area (Å²) in [5.74, 6) is -2.20. The van der Waals surface area contributed by atoms with Crippen molar-refractivity contribution in [1.82, 2.24) is 57.2 Å². The molecule has 0 bridgehead atoms. The molecule has 0 aromatic carbocycles. The Bertz CT molecular complexity index is 3220. The van der Waals surface area contributed by atoms with Gasteiger partial charge < -0.3 is 142 Å². The second kappa shape index (κ2) is 56.4. The van der Waals surface area contributed by atoms with Gasteiger partial charge in [0.25, 0.3) is 0 Å². The molecule has 6 heterocycles. The van der Waals surface area contributed by atoms with Gasteiger partial charge in [0, 0.05) is 175 Å². The van der Waals surface area contributed by atoms with Gasteiger partial charge in [-0.25, -0.2) is 0 Å². The fourth-order valence-corrected chi connectivity index (χ4v) is 18.8. The Morgan fingerprint density at radius 2 is 0.646 bits per heavy atom. The minimum absolute atomic E-state index is 0.00815. The molecule has 7 fully saturated rings. The number of ether oxygens (including phenoxy) is 6. The number of aliphatic hydroxyl groups excluding tert-OH is 11. The Kier molecular flexibility index (Phi) is 47.7. The van der Waals surface area contributed by atoms with Crippen LogP contribution in [-0.4, -0.2) is 353 Å². The number of unbranched alkanes of at least 4 members (excludes halogenated alkanes) is 11. The van der Waals surface area contributed by atoms with Crippen molar-refractivity contribution in [2.75, 3.05) is 125 Å². The van der Waals surface area contributed by atoms with Crippen molar-refractivity contribution in [3.05, 3.63) is 0 Å². The van der Waals surface area contributed by atoms with Crippen molar-refractivity contribution in [3.8, 4) is 0 Å². The molecule has 728 valence electrons. The van der Waals surface area contributed by atoms with E-state index in [1.165, 1.54) is 20.8 Å². The number of carbonyl (C=O) groups excluding carboxylic acids is 11. The van der Waals surface area contributed by atoms with Crippen LogP contribution in [-0.2, 0) is 81.2 Å². The molecule has 19 N–H and O–H groups in total. The van der Waals surface area contributed by atoms with Crippen molar-refractivity contribution in [1.29, 1.82) is 0 Å². The monoisotopic (exact) mass is 1810 g/mol.